The highest BCUT2D eigenvalue weighted by Crippen LogP contribution is 2.20. The number of halogens is 1. The zero-order valence-electron chi connectivity index (χ0n) is 13.7. The van der Waals surface area contributed by atoms with Crippen LogP contribution in [0.25, 0.3) is 0 Å². The number of anilines is 1. The van der Waals surface area contributed by atoms with Crippen molar-refractivity contribution in [1.82, 2.24) is 9.78 Å². The molecule has 0 amide bonds. The minimum atomic E-state index is -0.442. The van der Waals surface area contributed by atoms with Gasteiger partial charge in [-0.25, -0.2) is 9.07 Å². The fourth-order valence-electron chi connectivity index (χ4n) is 2.47. The van der Waals surface area contributed by atoms with Gasteiger partial charge in [-0.2, -0.15) is 5.10 Å². The molecule has 3 rings (SSSR count). The Bertz CT molecular complexity index is 908. The fourth-order valence-corrected chi connectivity index (χ4v) is 2.47. The molecule has 0 spiro atoms. The molecule has 0 aliphatic carbocycles. The Kier molecular flexibility index (Phi) is 4.79. The molecular weight excluding hydrogens is 321 g/mol. The summed E-state index contributed by atoms with van der Waals surface area (Å²) in [5.74, 6) is -0.0863. The molecule has 1 atom stereocenters. The smallest absolute Gasteiger partial charge is 0.294 e. The second kappa shape index (κ2) is 7.17. The summed E-state index contributed by atoms with van der Waals surface area (Å²) in [5.41, 5.74) is 7.21. The Labute approximate surface area is 144 Å². The average molecular weight is 339 g/mol. The van der Waals surface area contributed by atoms with Gasteiger partial charge in [0.25, 0.3) is 5.56 Å². The molecule has 0 saturated carbocycles. The molecule has 1 aromatic heterocycles. The molecule has 5 nitrogen and oxygen atoms in total. The maximum Gasteiger partial charge on any atom is 0.294 e. The van der Waals surface area contributed by atoms with Gasteiger partial charge in [0.2, 0.25) is 0 Å². The molecule has 128 valence electrons. The highest BCUT2D eigenvalue weighted by atomic mass is 19.1. The molecule has 2 aromatic carbocycles. The third kappa shape index (κ3) is 3.68. The maximum atomic E-state index is 13.1. The van der Waals surface area contributed by atoms with E-state index in [1.54, 1.807) is 19.1 Å². The lowest BCUT2D eigenvalue weighted by atomic mass is 10.1. The lowest BCUT2D eigenvalue weighted by Gasteiger charge is -2.16. The summed E-state index contributed by atoms with van der Waals surface area (Å²) in [6.45, 7) is 2.09. The Balaban J connectivity index is 1.82. The van der Waals surface area contributed by atoms with Crippen molar-refractivity contribution in [1.29, 1.82) is 0 Å². The Morgan fingerprint density at radius 1 is 1.16 bits per heavy atom. The second-order valence-electron chi connectivity index (χ2n) is 5.67. The lowest BCUT2D eigenvalue weighted by Crippen LogP contribution is -2.29. The summed E-state index contributed by atoms with van der Waals surface area (Å²) in [6.07, 6.45) is 1.43. The van der Waals surface area contributed by atoms with Crippen molar-refractivity contribution in [3.8, 4) is 5.75 Å². The van der Waals surface area contributed by atoms with Crippen LogP contribution in [0.5, 0.6) is 5.75 Å². The highest BCUT2D eigenvalue weighted by molar-refractivity contribution is 5.48. The van der Waals surface area contributed by atoms with Gasteiger partial charge in [-0.05, 0) is 30.2 Å². The summed E-state index contributed by atoms with van der Waals surface area (Å²) < 4.78 is 19.9. The van der Waals surface area contributed by atoms with Crippen molar-refractivity contribution < 1.29 is 9.13 Å². The third-order valence-corrected chi connectivity index (χ3v) is 3.96. The van der Waals surface area contributed by atoms with Crippen LogP contribution in [0.2, 0.25) is 0 Å². The van der Waals surface area contributed by atoms with Gasteiger partial charge in [0.1, 0.15) is 18.1 Å². The summed E-state index contributed by atoms with van der Waals surface area (Å²) in [6, 6.07) is 15.1. The van der Waals surface area contributed by atoms with Crippen molar-refractivity contribution in [2.24, 2.45) is 0 Å². The maximum absolute atomic E-state index is 13.1. The fraction of sp³-hybridized carbons (Fsp3) is 0.158. The first-order chi connectivity index (χ1) is 12.1. The van der Waals surface area contributed by atoms with Crippen molar-refractivity contribution >= 4 is 5.69 Å². The number of aromatic nitrogens is 2. The van der Waals surface area contributed by atoms with Gasteiger partial charge in [0.15, 0.2) is 5.75 Å². The number of nitrogens with two attached hydrogens (primary N) is 1. The van der Waals surface area contributed by atoms with Crippen LogP contribution in [-0.4, -0.2) is 9.78 Å². The molecule has 2 N–H and O–H groups in total. The first-order valence-corrected chi connectivity index (χ1v) is 7.85. The first-order valence-electron chi connectivity index (χ1n) is 7.85. The second-order valence-corrected chi connectivity index (χ2v) is 5.67. The first kappa shape index (κ1) is 16.7. The van der Waals surface area contributed by atoms with E-state index < -0.39 is 5.56 Å². The van der Waals surface area contributed by atoms with Crippen LogP contribution < -0.4 is 16.0 Å². The number of benzene rings is 2. The Morgan fingerprint density at radius 2 is 1.84 bits per heavy atom. The molecule has 0 bridgehead atoms. The summed E-state index contributed by atoms with van der Waals surface area (Å²) in [5, 5.41) is 4.16. The molecule has 0 radical (unpaired) electrons. The van der Waals surface area contributed by atoms with Gasteiger partial charge < -0.3 is 10.5 Å². The van der Waals surface area contributed by atoms with Crippen molar-refractivity contribution in [3.05, 3.63) is 88.1 Å². The Hall–Kier alpha value is -3.15. The minimum absolute atomic E-state index is 0.0000993. The molecule has 1 unspecified atom stereocenters. The largest absolute Gasteiger partial charge is 0.485 e. The zero-order chi connectivity index (χ0) is 17.8. The topological polar surface area (TPSA) is 70.1 Å². The molecule has 0 aliphatic heterocycles. The van der Waals surface area contributed by atoms with Crippen molar-refractivity contribution in [2.75, 3.05) is 5.73 Å². The number of ether oxygens (including phenoxy) is 1. The van der Waals surface area contributed by atoms with Crippen LogP contribution in [0.1, 0.15) is 24.1 Å². The van der Waals surface area contributed by atoms with E-state index in [0.29, 0.717) is 6.61 Å². The minimum Gasteiger partial charge on any atom is -0.485 e. The molecule has 0 fully saturated rings. The molecular formula is C19H18FN3O2. The monoisotopic (exact) mass is 339 g/mol. The SMILES string of the molecule is CC(c1ccc(F)cc1)n1ncc(OCc2ccccc2)c(N)c1=O. The quantitative estimate of drug-likeness (QED) is 0.775. The van der Waals surface area contributed by atoms with Crippen LogP contribution in [0.4, 0.5) is 10.1 Å². The predicted octanol–water partition coefficient (Wildman–Crippen LogP) is 3.15. The van der Waals surface area contributed by atoms with E-state index in [1.807, 2.05) is 30.3 Å². The van der Waals surface area contributed by atoms with E-state index in [9.17, 15) is 9.18 Å². The van der Waals surface area contributed by atoms with Gasteiger partial charge in [-0.15, -0.1) is 0 Å². The summed E-state index contributed by atoms with van der Waals surface area (Å²) in [4.78, 5) is 12.5. The van der Waals surface area contributed by atoms with E-state index in [4.69, 9.17) is 10.5 Å². The van der Waals surface area contributed by atoms with Gasteiger partial charge in [0, 0.05) is 0 Å². The van der Waals surface area contributed by atoms with Crippen LogP contribution in [-0.2, 0) is 6.61 Å². The van der Waals surface area contributed by atoms with E-state index in [2.05, 4.69) is 5.10 Å². The van der Waals surface area contributed by atoms with Crippen LogP contribution in [0, 0.1) is 5.82 Å². The standard InChI is InChI=1S/C19H18FN3O2/c1-13(15-7-9-16(20)10-8-15)23-19(24)18(21)17(11-22-23)25-12-14-5-3-2-4-6-14/h2-11,13H,12,21H2,1H3. The van der Waals surface area contributed by atoms with Crippen molar-refractivity contribution in [3.63, 3.8) is 0 Å². The Morgan fingerprint density at radius 3 is 2.52 bits per heavy atom. The summed E-state index contributed by atoms with van der Waals surface area (Å²) >= 11 is 0. The van der Waals surface area contributed by atoms with E-state index in [-0.39, 0.29) is 23.3 Å². The lowest BCUT2D eigenvalue weighted by molar-refractivity contribution is 0.303. The van der Waals surface area contributed by atoms with Gasteiger partial charge >= 0.3 is 0 Å². The molecule has 3 aromatic rings. The average Bonchev–Trinajstić information content (AvgIpc) is 2.64. The van der Waals surface area contributed by atoms with E-state index in [0.717, 1.165) is 11.1 Å². The van der Waals surface area contributed by atoms with Crippen LogP contribution in [0.15, 0.2) is 65.6 Å². The van der Waals surface area contributed by atoms with Gasteiger partial charge in [-0.1, -0.05) is 42.5 Å². The third-order valence-electron chi connectivity index (χ3n) is 3.96. The van der Waals surface area contributed by atoms with Gasteiger partial charge in [-0.3, -0.25) is 4.79 Å². The number of nitrogen functional groups attached to an aromatic ring is 1. The van der Waals surface area contributed by atoms with E-state index in [1.165, 1.54) is 23.0 Å². The molecule has 6 heteroatoms. The molecule has 25 heavy (non-hydrogen) atoms. The highest BCUT2D eigenvalue weighted by Gasteiger charge is 2.15. The number of rotatable bonds is 5. The normalized spacial score (nSPS) is 11.9. The number of nitrogens with zero attached hydrogens (tertiary/aromatic N) is 2. The molecule has 0 saturated heterocycles. The zero-order valence-corrected chi connectivity index (χ0v) is 13.7. The van der Waals surface area contributed by atoms with Gasteiger partial charge in [0.05, 0.1) is 12.2 Å². The molecule has 0 aliphatic rings. The van der Waals surface area contributed by atoms with Crippen molar-refractivity contribution in [2.45, 2.75) is 19.6 Å². The number of hydrogen-bond donors (Lipinski definition) is 1. The summed E-state index contributed by atoms with van der Waals surface area (Å²) in [7, 11) is 0. The predicted molar refractivity (Wildman–Crippen MR) is 93.9 cm³/mol. The van der Waals surface area contributed by atoms with E-state index >= 15 is 0 Å². The molecule has 1 heterocycles. The number of hydrogen-bond acceptors (Lipinski definition) is 4. The van der Waals surface area contributed by atoms with Crippen LogP contribution >= 0.6 is 0 Å². The van der Waals surface area contributed by atoms with Crippen LogP contribution in [0.3, 0.4) is 0 Å².